The van der Waals surface area contributed by atoms with Crippen LogP contribution in [0.3, 0.4) is 0 Å². The van der Waals surface area contributed by atoms with E-state index < -0.39 is 6.04 Å². The van der Waals surface area contributed by atoms with Crippen molar-refractivity contribution in [2.45, 2.75) is 57.2 Å². The highest BCUT2D eigenvalue weighted by Crippen LogP contribution is 2.43. The number of halogens is 2. The molecule has 5 rings (SSSR count). The largest absolute Gasteiger partial charge is 0.343 e. The molecule has 3 aromatic rings. The molecule has 0 spiro atoms. The van der Waals surface area contributed by atoms with E-state index in [0.29, 0.717) is 18.9 Å². The highest BCUT2D eigenvalue weighted by molar-refractivity contribution is 6.01. The van der Waals surface area contributed by atoms with Crippen molar-refractivity contribution < 1.29 is 9.59 Å². The van der Waals surface area contributed by atoms with Gasteiger partial charge in [-0.25, -0.2) is 0 Å². The lowest BCUT2D eigenvalue weighted by molar-refractivity contribution is -0.128. The summed E-state index contributed by atoms with van der Waals surface area (Å²) >= 11 is 0. The van der Waals surface area contributed by atoms with Crippen LogP contribution in [-0.2, 0) is 22.6 Å². The average molecular weight is 515 g/mol. The van der Waals surface area contributed by atoms with Crippen LogP contribution in [0.1, 0.15) is 48.8 Å². The molecular formula is C27H32Cl2N4O2. The van der Waals surface area contributed by atoms with E-state index in [-0.39, 0.29) is 42.7 Å². The minimum absolute atomic E-state index is 0. The van der Waals surface area contributed by atoms with Crippen molar-refractivity contribution in [3.8, 4) is 0 Å². The maximum Gasteiger partial charge on any atom is 0.249 e. The lowest BCUT2D eigenvalue weighted by Crippen LogP contribution is -2.52. The summed E-state index contributed by atoms with van der Waals surface area (Å²) in [6, 6.07) is 15.3. The van der Waals surface area contributed by atoms with Gasteiger partial charge in [-0.3, -0.25) is 14.6 Å². The van der Waals surface area contributed by atoms with E-state index >= 15 is 0 Å². The van der Waals surface area contributed by atoms with Crippen molar-refractivity contribution >= 4 is 53.2 Å². The number of pyridine rings is 1. The molecule has 8 heteroatoms. The molecule has 2 aliphatic rings. The second-order valence-corrected chi connectivity index (χ2v) is 9.15. The van der Waals surface area contributed by atoms with Crippen LogP contribution in [0.4, 0.5) is 5.69 Å². The highest BCUT2D eigenvalue weighted by Gasteiger charge is 2.34. The molecule has 1 aromatic heterocycles. The molecule has 35 heavy (non-hydrogen) atoms. The number of carbonyl (C=O) groups excluding carboxylic acids is 2. The van der Waals surface area contributed by atoms with E-state index in [2.05, 4.69) is 22.8 Å². The predicted octanol–water partition coefficient (Wildman–Crippen LogP) is 4.53. The molecule has 2 aromatic carbocycles. The van der Waals surface area contributed by atoms with Crippen LogP contribution in [0.2, 0.25) is 0 Å². The summed E-state index contributed by atoms with van der Waals surface area (Å²) in [5.74, 6) is 0.301. The monoisotopic (exact) mass is 514 g/mol. The van der Waals surface area contributed by atoms with Gasteiger partial charge >= 0.3 is 0 Å². The third-order valence-electron chi connectivity index (χ3n) is 6.95. The maximum atomic E-state index is 13.9. The number of amides is 2. The summed E-state index contributed by atoms with van der Waals surface area (Å²) in [7, 11) is 1.75. The first-order valence-electron chi connectivity index (χ1n) is 11.8. The van der Waals surface area contributed by atoms with Crippen molar-refractivity contribution in [1.29, 1.82) is 0 Å². The van der Waals surface area contributed by atoms with Gasteiger partial charge in [-0.2, -0.15) is 0 Å². The van der Waals surface area contributed by atoms with Crippen LogP contribution in [-0.4, -0.2) is 35.9 Å². The van der Waals surface area contributed by atoms with Gasteiger partial charge < -0.3 is 15.5 Å². The first-order valence-corrected chi connectivity index (χ1v) is 11.8. The fourth-order valence-corrected chi connectivity index (χ4v) is 4.74. The van der Waals surface area contributed by atoms with E-state index in [0.717, 1.165) is 41.4 Å². The van der Waals surface area contributed by atoms with Crippen LogP contribution < -0.4 is 15.5 Å². The van der Waals surface area contributed by atoms with Crippen molar-refractivity contribution in [2.24, 2.45) is 0 Å². The van der Waals surface area contributed by atoms with E-state index in [9.17, 15) is 9.59 Å². The smallest absolute Gasteiger partial charge is 0.249 e. The fraction of sp³-hybridized carbons (Fsp3) is 0.370. The Hall–Kier alpha value is -2.67. The summed E-state index contributed by atoms with van der Waals surface area (Å²) in [6.07, 6.45) is 5.65. The number of nitrogens with zero attached hydrogens (tertiary/aromatic N) is 2. The van der Waals surface area contributed by atoms with Gasteiger partial charge in [0.2, 0.25) is 11.8 Å². The summed E-state index contributed by atoms with van der Waals surface area (Å²) in [6.45, 7) is 2.27. The van der Waals surface area contributed by atoms with Gasteiger partial charge in [0.05, 0.1) is 18.1 Å². The lowest BCUT2D eigenvalue weighted by atomic mass is 9.99. The Morgan fingerprint density at radius 2 is 1.80 bits per heavy atom. The molecule has 1 fully saturated rings. The van der Waals surface area contributed by atoms with Crippen molar-refractivity contribution in [3.05, 3.63) is 71.4 Å². The molecule has 2 atom stereocenters. The Balaban J connectivity index is 0.00000171. The number of hydrogen-bond donors (Lipinski definition) is 2. The molecule has 1 aliphatic heterocycles. The SMILES string of the molecule is CN[C@@H](C)C(=O)N[C@H]1CCc2ccccc2N(Cc2c(C3CC3)cnc3ccccc23)C1=O.Cl.Cl. The number of anilines is 1. The fourth-order valence-electron chi connectivity index (χ4n) is 4.74. The van der Waals surface area contributed by atoms with E-state index in [4.69, 9.17) is 4.98 Å². The van der Waals surface area contributed by atoms with Gasteiger partial charge in [0.1, 0.15) is 6.04 Å². The first-order chi connectivity index (χ1) is 16.1. The zero-order valence-electron chi connectivity index (χ0n) is 20.0. The Kier molecular flexibility index (Phi) is 8.75. The average Bonchev–Trinajstić information content (AvgIpc) is 3.70. The third-order valence-corrected chi connectivity index (χ3v) is 6.95. The molecule has 0 bridgehead atoms. The van der Waals surface area contributed by atoms with Gasteiger partial charge in [0.25, 0.3) is 0 Å². The van der Waals surface area contributed by atoms with E-state index in [1.54, 1.807) is 14.0 Å². The van der Waals surface area contributed by atoms with Crippen LogP contribution >= 0.6 is 24.8 Å². The lowest BCUT2D eigenvalue weighted by Gasteiger charge is -2.28. The molecule has 2 amide bonds. The van der Waals surface area contributed by atoms with Gasteiger partial charge in [-0.1, -0.05) is 36.4 Å². The summed E-state index contributed by atoms with van der Waals surface area (Å²) < 4.78 is 0. The van der Waals surface area contributed by atoms with E-state index in [1.165, 1.54) is 11.1 Å². The summed E-state index contributed by atoms with van der Waals surface area (Å²) in [5, 5.41) is 7.05. The molecule has 1 aliphatic carbocycles. The predicted molar refractivity (Wildman–Crippen MR) is 145 cm³/mol. The number of fused-ring (bicyclic) bond motifs is 2. The number of likely N-dealkylation sites (N-methyl/N-ethyl adjacent to an activating group) is 1. The van der Waals surface area contributed by atoms with Gasteiger partial charge in [-0.15, -0.1) is 24.8 Å². The Morgan fingerprint density at radius 3 is 2.54 bits per heavy atom. The number of hydrogen-bond acceptors (Lipinski definition) is 4. The van der Waals surface area contributed by atoms with Crippen molar-refractivity contribution in [1.82, 2.24) is 15.6 Å². The van der Waals surface area contributed by atoms with Crippen LogP contribution in [0, 0.1) is 0 Å². The van der Waals surface area contributed by atoms with Crippen LogP contribution in [0.25, 0.3) is 10.9 Å². The number of aryl methyl sites for hydroxylation is 1. The normalized spacial score (nSPS) is 18.1. The molecule has 2 N–H and O–H groups in total. The number of carbonyl (C=O) groups is 2. The number of rotatable bonds is 6. The Bertz CT molecular complexity index is 1210. The Labute approximate surface area is 218 Å². The topological polar surface area (TPSA) is 74.3 Å². The summed E-state index contributed by atoms with van der Waals surface area (Å²) in [4.78, 5) is 33.1. The number of para-hydroxylation sites is 2. The van der Waals surface area contributed by atoms with Crippen LogP contribution in [0.15, 0.2) is 54.7 Å². The quantitative estimate of drug-likeness (QED) is 0.506. The zero-order chi connectivity index (χ0) is 22.9. The van der Waals surface area contributed by atoms with Gasteiger partial charge in [0, 0.05) is 17.3 Å². The zero-order valence-corrected chi connectivity index (χ0v) is 21.6. The van der Waals surface area contributed by atoms with E-state index in [1.807, 2.05) is 47.5 Å². The first kappa shape index (κ1) is 26.9. The second kappa shape index (κ2) is 11.4. The molecule has 0 unspecified atom stereocenters. The second-order valence-electron chi connectivity index (χ2n) is 9.15. The van der Waals surface area contributed by atoms with Crippen molar-refractivity contribution in [2.75, 3.05) is 11.9 Å². The van der Waals surface area contributed by atoms with Crippen molar-refractivity contribution in [3.63, 3.8) is 0 Å². The summed E-state index contributed by atoms with van der Waals surface area (Å²) in [5.41, 5.74) is 5.42. The maximum absolute atomic E-state index is 13.9. The van der Waals surface area contributed by atoms with Gasteiger partial charge in [0.15, 0.2) is 0 Å². The number of nitrogens with one attached hydrogen (secondary N) is 2. The molecule has 0 radical (unpaired) electrons. The van der Waals surface area contributed by atoms with Gasteiger partial charge in [-0.05, 0) is 74.4 Å². The molecule has 186 valence electrons. The third kappa shape index (κ3) is 5.45. The Morgan fingerprint density at radius 1 is 1.09 bits per heavy atom. The standard InChI is InChI=1S/C27H30N4O2.2ClH/c1-17(28-2)26(32)30-24-14-13-19-7-3-6-10-25(19)31(27(24)33)16-22-20-8-4-5-9-23(20)29-15-21(22)18-11-12-18;;/h3-10,15,17-18,24,28H,11-14,16H2,1-2H3,(H,30,32);2*1H/t17-,24-;;/m0../s1. The molecule has 0 saturated heterocycles. The molecule has 2 heterocycles. The molecule has 1 saturated carbocycles. The minimum atomic E-state index is -0.557. The van der Waals surface area contributed by atoms with Crippen LogP contribution in [0.5, 0.6) is 0 Å². The molecular weight excluding hydrogens is 483 g/mol. The highest BCUT2D eigenvalue weighted by atomic mass is 35.5. The molecule has 6 nitrogen and oxygen atoms in total. The number of benzene rings is 2. The number of aromatic nitrogens is 1. The minimum Gasteiger partial charge on any atom is -0.343 e.